The van der Waals surface area contributed by atoms with Gasteiger partial charge < -0.3 is 20.0 Å². The fourth-order valence-corrected chi connectivity index (χ4v) is 3.27. The van der Waals surface area contributed by atoms with E-state index in [0.717, 1.165) is 21.6 Å². The van der Waals surface area contributed by atoms with Crippen molar-refractivity contribution >= 4 is 11.8 Å². The van der Waals surface area contributed by atoms with Crippen LogP contribution in [-0.2, 0) is 22.6 Å². The monoisotopic (exact) mass is 368 g/mol. The molecule has 27 heavy (non-hydrogen) atoms. The summed E-state index contributed by atoms with van der Waals surface area (Å²) >= 11 is 0. The van der Waals surface area contributed by atoms with Gasteiger partial charge in [0.1, 0.15) is 0 Å². The number of carbonyl (C=O) groups is 2. The third-order valence-corrected chi connectivity index (χ3v) is 4.88. The Bertz CT molecular complexity index is 835. The molecule has 0 saturated carbocycles. The molecule has 1 aliphatic rings. The van der Waals surface area contributed by atoms with Crippen LogP contribution in [0.2, 0.25) is 0 Å². The Balaban J connectivity index is 1.73. The molecule has 0 aliphatic carbocycles. The summed E-state index contributed by atoms with van der Waals surface area (Å²) in [5.74, 6) is -1.32. The predicted octanol–water partition coefficient (Wildman–Crippen LogP) is 1.05. The number of benzene rings is 2. The van der Waals surface area contributed by atoms with E-state index in [4.69, 9.17) is 0 Å². The third kappa shape index (κ3) is 4.02. The highest BCUT2D eigenvalue weighted by Gasteiger charge is 2.35. The van der Waals surface area contributed by atoms with Crippen LogP contribution < -0.4 is 0 Å². The van der Waals surface area contributed by atoms with Gasteiger partial charge in [0.05, 0.1) is 0 Å². The molecular formula is C21H24N2O4. The lowest BCUT2D eigenvalue weighted by atomic mass is 9.94. The van der Waals surface area contributed by atoms with E-state index >= 15 is 0 Å². The van der Waals surface area contributed by atoms with Crippen molar-refractivity contribution in [1.29, 1.82) is 0 Å². The number of amides is 2. The van der Waals surface area contributed by atoms with Crippen LogP contribution in [0.1, 0.15) is 11.1 Å². The second-order valence-electron chi connectivity index (χ2n) is 6.98. The van der Waals surface area contributed by atoms with Gasteiger partial charge in [-0.25, -0.2) is 0 Å². The first-order valence-corrected chi connectivity index (χ1v) is 8.92. The van der Waals surface area contributed by atoms with Gasteiger partial charge in [-0.2, -0.15) is 0 Å². The lowest BCUT2D eigenvalue weighted by Crippen LogP contribution is -2.51. The van der Waals surface area contributed by atoms with Gasteiger partial charge in [0.2, 0.25) is 0 Å². The average Bonchev–Trinajstić information content (AvgIpc) is 2.71. The molecule has 142 valence electrons. The van der Waals surface area contributed by atoms with Crippen LogP contribution in [0.25, 0.3) is 11.1 Å². The highest BCUT2D eigenvalue weighted by molar-refractivity contribution is 5.90. The molecule has 2 aromatic carbocycles. The highest BCUT2D eigenvalue weighted by Crippen LogP contribution is 2.26. The number of rotatable bonds is 4. The Kier molecular flexibility index (Phi) is 5.58. The normalized spacial score (nSPS) is 15.6. The lowest BCUT2D eigenvalue weighted by Gasteiger charge is -2.32. The summed E-state index contributed by atoms with van der Waals surface area (Å²) in [6.07, 6.45) is -2.86. The molecule has 2 aromatic rings. The molecule has 2 atom stereocenters. The van der Waals surface area contributed by atoms with Gasteiger partial charge >= 0.3 is 0 Å². The number of hydrogen-bond acceptors (Lipinski definition) is 4. The summed E-state index contributed by atoms with van der Waals surface area (Å²) in [7, 11) is 2.93. The Morgan fingerprint density at radius 2 is 1.67 bits per heavy atom. The molecule has 0 aromatic heterocycles. The number of carbonyl (C=O) groups excluding carboxylic acids is 2. The van der Waals surface area contributed by atoms with Crippen LogP contribution in [0.3, 0.4) is 0 Å². The number of nitrogens with zero attached hydrogens (tertiary/aromatic N) is 2. The van der Waals surface area contributed by atoms with Gasteiger partial charge in [-0.1, -0.05) is 48.5 Å². The minimum Gasteiger partial charge on any atom is -0.380 e. The maximum atomic E-state index is 12.5. The molecule has 0 unspecified atom stereocenters. The predicted molar refractivity (Wildman–Crippen MR) is 102 cm³/mol. The second-order valence-corrected chi connectivity index (χ2v) is 6.98. The van der Waals surface area contributed by atoms with Crippen molar-refractivity contribution in [2.45, 2.75) is 25.2 Å². The first-order valence-electron chi connectivity index (χ1n) is 8.92. The molecule has 0 spiro atoms. The van der Waals surface area contributed by atoms with Crippen molar-refractivity contribution in [2.24, 2.45) is 0 Å². The SMILES string of the molecule is CN(C)C(=O)[C@H](O)[C@@H](O)C(=O)N1CCc2cc(-c3ccccc3)ccc2C1. The Morgan fingerprint density at radius 1 is 0.963 bits per heavy atom. The topological polar surface area (TPSA) is 81.1 Å². The standard InChI is InChI=1S/C21H24N2O4/c1-22(2)20(26)18(24)19(25)21(27)23-11-10-16-12-15(8-9-17(16)13-23)14-6-4-3-5-7-14/h3-9,12,18-19,24-25H,10-11,13H2,1-2H3/t18-,19-/m1/s1. The molecule has 2 N–H and O–H groups in total. The minimum absolute atomic E-state index is 0.350. The summed E-state index contributed by atoms with van der Waals surface area (Å²) in [5.41, 5.74) is 4.44. The van der Waals surface area contributed by atoms with E-state index < -0.39 is 24.0 Å². The maximum Gasteiger partial charge on any atom is 0.255 e. The largest absolute Gasteiger partial charge is 0.380 e. The van der Waals surface area contributed by atoms with Crippen molar-refractivity contribution in [3.05, 3.63) is 59.7 Å². The Hall–Kier alpha value is -2.70. The maximum absolute atomic E-state index is 12.5. The molecule has 0 saturated heterocycles. The first kappa shape index (κ1) is 19.1. The zero-order valence-corrected chi connectivity index (χ0v) is 15.5. The number of aliphatic hydroxyl groups excluding tert-OH is 2. The zero-order chi connectivity index (χ0) is 19.6. The van der Waals surface area contributed by atoms with E-state index in [9.17, 15) is 19.8 Å². The summed E-state index contributed by atoms with van der Waals surface area (Å²) in [6.45, 7) is 0.785. The summed E-state index contributed by atoms with van der Waals surface area (Å²) in [5, 5.41) is 20.0. The summed E-state index contributed by atoms with van der Waals surface area (Å²) < 4.78 is 0. The Morgan fingerprint density at radius 3 is 2.33 bits per heavy atom. The molecule has 6 nitrogen and oxygen atoms in total. The fourth-order valence-electron chi connectivity index (χ4n) is 3.27. The van der Waals surface area contributed by atoms with E-state index in [0.29, 0.717) is 19.5 Å². The number of hydrogen-bond donors (Lipinski definition) is 2. The minimum atomic E-state index is -1.76. The number of aliphatic hydroxyl groups is 2. The first-order chi connectivity index (χ1) is 12.9. The molecule has 6 heteroatoms. The number of fused-ring (bicyclic) bond motifs is 1. The van der Waals surface area contributed by atoms with Gasteiger partial charge in [0.25, 0.3) is 11.8 Å². The molecule has 3 rings (SSSR count). The van der Waals surface area contributed by atoms with Crippen LogP contribution in [0.4, 0.5) is 0 Å². The molecule has 1 aliphatic heterocycles. The van der Waals surface area contributed by atoms with Gasteiger partial charge in [-0.15, -0.1) is 0 Å². The van der Waals surface area contributed by atoms with E-state index in [2.05, 4.69) is 18.2 Å². The van der Waals surface area contributed by atoms with Crippen LogP contribution in [0.5, 0.6) is 0 Å². The van der Waals surface area contributed by atoms with Crippen molar-refractivity contribution in [1.82, 2.24) is 9.80 Å². The van der Waals surface area contributed by atoms with Crippen molar-refractivity contribution in [3.8, 4) is 11.1 Å². The Labute approximate surface area is 158 Å². The highest BCUT2D eigenvalue weighted by atomic mass is 16.3. The van der Waals surface area contributed by atoms with Crippen molar-refractivity contribution < 1.29 is 19.8 Å². The average molecular weight is 368 g/mol. The molecule has 0 bridgehead atoms. The van der Waals surface area contributed by atoms with E-state index in [1.165, 1.54) is 24.6 Å². The lowest BCUT2D eigenvalue weighted by molar-refractivity contribution is -0.157. The van der Waals surface area contributed by atoms with E-state index in [1.807, 2.05) is 30.3 Å². The van der Waals surface area contributed by atoms with Crippen LogP contribution in [0.15, 0.2) is 48.5 Å². The van der Waals surface area contributed by atoms with Gasteiger partial charge in [0, 0.05) is 27.2 Å². The van der Waals surface area contributed by atoms with E-state index in [1.54, 1.807) is 0 Å². The van der Waals surface area contributed by atoms with Crippen LogP contribution in [0, 0.1) is 0 Å². The van der Waals surface area contributed by atoms with Gasteiger partial charge in [-0.3, -0.25) is 9.59 Å². The zero-order valence-electron chi connectivity index (χ0n) is 15.5. The summed E-state index contributed by atoms with van der Waals surface area (Å²) in [6, 6.07) is 16.2. The smallest absolute Gasteiger partial charge is 0.255 e. The fraction of sp³-hybridized carbons (Fsp3) is 0.333. The van der Waals surface area contributed by atoms with E-state index in [-0.39, 0.29) is 0 Å². The van der Waals surface area contributed by atoms with Gasteiger partial charge in [0.15, 0.2) is 12.2 Å². The molecule has 0 fully saturated rings. The third-order valence-electron chi connectivity index (χ3n) is 4.88. The quantitative estimate of drug-likeness (QED) is 0.845. The molecule has 1 heterocycles. The van der Waals surface area contributed by atoms with Gasteiger partial charge in [-0.05, 0) is 28.7 Å². The molecular weight excluding hydrogens is 344 g/mol. The van der Waals surface area contributed by atoms with Crippen LogP contribution in [-0.4, -0.2) is 64.7 Å². The molecule has 0 radical (unpaired) electrons. The van der Waals surface area contributed by atoms with Crippen molar-refractivity contribution in [2.75, 3.05) is 20.6 Å². The second kappa shape index (κ2) is 7.90. The number of likely N-dealkylation sites (N-methyl/N-ethyl adjacent to an activating group) is 1. The molecule has 2 amide bonds. The summed E-state index contributed by atoms with van der Waals surface area (Å²) in [4.78, 5) is 26.9. The van der Waals surface area contributed by atoms with Crippen molar-refractivity contribution in [3.63, 3.8) is 0 Å². The van der Waals surface area contributed by atoms with Crippen LogP contribution >= 0.6 is 0 Å².